The van der Waals surface area contributed by atoms with Gasteiger partial charge >= 0.3 is 7.12 Å². The van der Waals surface area contributed by atoms with E-state index < -0.39 is 7.12 Å². The minimum absolute atomic E-state index is 0. The third-order valence-electron chi connectivity index (χ3n) is 10.5. The second kappa shape index (κ2) is 21.0. The van der Waals surface area contributed by atoms with E-state index in [2.05, 4.69) is 134 Å². The first-order chi connectivity index (χ1) is 29.9. The molecular formula is C52H42B2BrCl2N2O3. The van der Waals surface area contributed by atoms with Crippen LogP contribution in [0, 0.1) is 0 Å². The van der Waals surface area contributed by atoms with Crippen LogP contribution in [-0.4, -0.2) is 47.9 Å². The van der Waals surface area contributed by atoms with Gasteiger partial charge in [-0.2, -0.15) is 0 Å². The maximum atomic E-state index is 9.42. The van der Waals surface area contributed by atoms with Gasteiger partial charge in [0.15, 0.2) is 0 Å². The van der Waals surface area contributed by atoms with Crippen LogP contribution >= 0.6 is 39.1 Å². The second-order valence-electron chi connectivity index (χ2n) is 14.5. The summed E-state index contributed by atoms with van der Waals surface area (Å²) in [6.45, 7) is 2.00. The van der Waals surface area contributed by atoms with Crippen LogP contribution in [0.4, 0.5) is 0 Å². The molecule has 305 valence electrons. The van der Waals surface area contributed by atoms with Crippen molar-refractivity contribution in [2.24, 2.45) is 0 Å². The average Bonchev–Trinajstić information content (AvgIpc) is 4.07. The lowest BCUT2D eigenvalue weighted by Gasteiger charge is -2.10. The van der Waals surface area contributed by atoms with Crippen LogP contribution in [0.1, 0.15) is 12.8 Å². The first-order valence-corrected chi connectivity index (χ1v) is 21.7. The van der Waals surface area contributed by atoms with Gasteiger partial charge in [-0.15, -0.1) is 0 Å². The summed E-state index contributed by atoms with van der Waals surface area (Å²) in [7, 11) is -1.46. The summed E-state index contributed by atoms with van der Waals surface area (Å²) in [5.74, 6) is 0. The third-order valence-corrected chi connectivity index (χ3v) is 11.5. The number of benzene rings is 8. The van der Waals surface area contributed by atoms with E-state index in [-0.39, 0.29) is 8.41 Å². The number of hydrogen-bond donors (Lipinski definition) is 2. The summed E-state index contributed by atoms with van der Waals surface area (Å²) in [5, 5.41) is 25.3. The summed E-state index contributed by atoms with van der Waals surface area (Å²) in [5.41, 5.74) is 9.57. The maximum Gasteiger partial charge on any atom is 0.488 e. The fourth-order valence-corrected chi connectivity index (χ4v) is 8.15. The first kappa shape index (κ1) is 44.5. The van der Waals surface area contributed by atoms with Crippen LogP contribution in [0.2, 0.25) is 10.0 Å². The highest BCUT2D eigenvalue weighted by Gasteiger charge is 2.15. The Balaban J connectivity index is 0.000000144. The maximum absolute atomic E-state index is 9.42. The number of nitrogens with zero attached hydrogens (tertiary/aromatic N) is 2. The third kappa shape index (κ3) is 10.2. The van der Waals surface area contributed by atoms with Gasteiger partial charge in [-0.3, -0.25) is 0 Å². The molecule has 1 saturated heterocycles. The molecule has 5 nitrogen and oxygen atoms in total. The fraction of sp³-hybridized carbons (Fsp3) is 0.0769. The zero-order valence-electron chi connectivity index (χ0n) is 33.8. The van der Waals surface area contributed by atoms with Crippen molar-refractivity contribution >= 4 is 104 Å². The summed E-state index contributed by atoms with van der Waals surface area (Å²) < 4.78 is 10.5. The lowest BCUT2D eigenvalue weighted by atomic mass is 9.80. The first-order valence-electron chi connectivity index (χ1n) is 20.1. The Labute approximate surface area is 382 Å². The quantitative estimate of drug-likeness (QED) is 0.173. The molecule has 0 saturated carbocycles. The molecule has 1 fully saturated rings. The molecule has 0 bridgehead atoms. The van der Waals surface area contributed by atoms with Crippen molar-refractivity contribution in [2.75, 3.05) is 13.2 Å². The number of fused-ring (bicyclic) bond motifs is 6. The monoisotopic (exact) mass is 913 g/mol. The molecule has 3 heterocycles. The SMILES string of the molecule is C1CCOC1.Clc1ccc(-c2cccc(-n3c4ccccc4c4ccccc43)c2)cc1.Clc1ccc(Br)cc1.OB(O)c1cccc(-n2c3ccccc3c3ccccc32)c1.[B]. The highest BCUT2D eigenvalue weighted by molar-refractivity contribution is 9.10. The molecule has 8 aromatic carbocycles. The Hall–Kier alpha value is -5.57. The van der Waals surface area contributed by atoms with E-state index in [1.54, 1.807) is 6.07 Å². The summed E-state index contributed by atoms with van der Waals surface area (Å²) in [6.07, 6.45) is 2.56. The lowest BCUT2D eigenvalue weighted by molar-refractivity contribution is 0.198. The van der Waals surface area contributed by atoms with E-state index in [4.69, 9.17) is 27.9 Å². The average molecular weight is 915 g/mol. The largest absolute Gasteiger partial charge is 0.488 e. The zero-order valence-corrected chi connectivity index (χ0v) is 36.9. The molecule has 11 rings (SSSR count). The molecular weight excluding hydrogens is 873 g/mol. The van der Waals surface area contributed by atoms with Crippen LogP contribution in [-0.2, 0) is 4.74 Å². The van der Waals surface area contributed by atoms with Crippen LogP contribution in [0.3, 0.4) is 0 Å². The van der Waals surface area contributed by atoms with Gasteiger partial charge in [0.2, 0.25) is 0 Å². The summed E-state index contributed by atoms with van der Waals surface area (Å²) in [6, 6.07) is 65.1. The molecule has 1 aliphatic heterocycles. The van der Waals surface area contributed by atoms with Gasteiger partial charge in [0.25, 0.3) is 0 Å². The Morgan fingerprint density at radius 1 is 0.452 bits per heavy atom. The summed E-state index contributed by atoms with van der Waals surface area (Å²) >= 11 is 14.9. The molecule has 0 unspecified atom stereocenters. The number of para-hydroxylation sites is 4. The lowest BCUT2D eigenvalue weighted by Crippen LogP contribution is -2.29. The normalized spacial score (nSPS) is 11.8. The van der Waals surface area contributed by atoms with Gasteiger partial charge in [0.1, 0.15) is 0 Å². The zero-order chi connectivity index (χ0) is 42.1. The van der Waals surface area contributed by atoms with Gasteiger partial charge in [0.05, 0.1) is 22.1 Å². The Bertz CT molecular complexity index is 2900. The standard InChI is InChI=1S/C24H16ClN.C18H14BNO2.C6H4BrCl.C4H8O.B/c25-19-14-12-17(13-15-19)18-6-5-7-20(16-18)26-23-10-3-1-8-21(23)22-9-2-4-11-24(22)26;21-19(22)13-6-5-7-14(12-13)20-17-10-3-1-8-15(17)16-9-2-4-11-18(16)20;7-5-1-3-6(8)4-2-5;1-2-4-5-3-1;/h1-16H;1-12,21-22H;1-4H;1-4H2;. The number of halogens is 3. The minimum Gasteiger partial charge on any atom is -0.423 e. The Morgan fingerprint density at radius 3 is 1.26 bits per heavy atom. The Morgan fingerprint density at radius 2 is 0.855 bits per heavy atom. The fourth-order valence-electron chi connectivity index (χ4n) is 7.63. The highest BCUT2D eigenvalue weighted by atomic mass is 79.9. The van der Waals surface area contributed by atoms with Crippen LogP contribution < -0.4 is 5.46 Å². The van der Waals surface area contributed by atoms with Gasteiger partial charge in [-0.1, -0.05) is 148 Å². The van der Waals surface area contributed by atoms with Crippen molar-refractivity contribution in [3.63, 3.8) is 0 Å². The van der Waals surface area contributed by atoms with E-state index in [1.165, 1.54) is 51.0 Å². The van der Waals surface area contributed by atoms with Crippen molar-refractivity contribution < 1.29 is 14.8 Å². The molecule has 1 aliphatic rings. The van der Waals surface area contributed by atoms with E-state index >= 15 is 0 Å². The molecule has 0 aliphatic carbocycles. The van der Waals surface area contributed by atoms with Gasteiger partial charge in [-0.05, 0) is 114 Å². The molecule has 10 aromatic rings. The van der Waals surface area contributed by atoms with Gasteiger partial charge in [-0.25, -0.2) is 0 Å². The molecule has 0 amide bonds. The number of aromatic nitrogens is 2. The molecule has 3 radical (unpaired) electrons. The Kier molecular flexibility index (Phi) is 15.1. The van der Waals surface area contributed by atoms with E-state index in [1.807, 2.05) is 78.9 Å². The van der Waals surface area contributed by atoms with Crippen LogP contribution in [0.25, 0.3) is 66.1 Å². The predicted octanol–water partition coefficient (Wildman–Crippen LogP) is 13.1. The van der Waals surface area contributed by atoms with E-state index in [0.29, 0.717) is 5.46 Å². The number of ether oxygens (including phenoxy) is 1. The highest BCUT2D eigenvalue weighted by Crippen LogP contribution is 2.34. The minimum atomic E-state index is -1.46. The second-order valence-corrected chi connectivity index (χ2v) is 16.3. The van der Waals surface area contributed by atoms with Crippen LogP contribution in [0.5, 0.6) is 0 Å². The smallest absolute Gasteiger partial charge is 0.423 e. The van der Waals surface area contributed by atoms with Gasteiger partial charge in [0, 0.05) is 69.1 Å². The molecule has 62 heavy (non-hydrogen) atoms. The van der Waals surface area contributed by atoms with Gasteiger partial charge < -0.3 is 23.9 Å². The van der Waals surface area contributed by atoms with E-state index in [9.17, 15) is 10.0 Å². The predicted molar refractivity (Wildman–Crippen MR) is 267 cm³/mol. The van der Waals surface area contributed by atoms with Crippen molar-refractivity contribution in [3.8, 4) is 22.5 Å². The number of hydrogen-bond acceptors (Lipinski definition) is 3. The molecule has 2 aromatic heterocycles. The van der Waals surface area contributed by atoms with Crippen molar-refractivity contribution in [1.82, 2.24) is 9.13 Å². The molecule has 0 spiro atoms. The molecule has 2 N–H and O–H groups in total. The topological polar surface area (TPSA) is 59.6 Å². The van der Waals surface area contributed by atoms with Crippen molar-refractivity contribution in [2.45, 2.75) is 12.8 Å². The number of rotatable bonds is 4. The molecule has 0 atom stereocenters. The summed E-state index contributed by atoms with van der Waals surface area (Å²) in [4.78, 5) is 0. The molecule has 10 heteroatoms. The van der Waals surface area contributed by atoms with Crippen molar-refractivity contribution in [1.29, 1.82) is 0 Å². The van der Waals surface area contributed by atoms with Crippen LogP contribution in [0.15, 0.2) is 199 Å². The van der Waals surface area contributed by atoms with Crippen molar-refractivity contribution in [3.05, 3.63) is 209 Å². The van der Waals surface area contributed by atoms with E-state index in [0.717, 1.165) is 55.7 Å².